The van der Waals surface area contributed by atoms with Gasteiger partial charge in [-0.2, -0.15) is 0 Å². The lowest BCUT2D eigenvalue weighted by molar-refractivity contribution is -0.132. The van der Waals surface area contributed by atoms with Crippen molar-refractivity contribution in [2.24, 2.45) is 0 Å². The molecule has 5 nitrogen and oxygen atoms in total. The van der Waals surface area contributed by atoms with E-state index in [0.717, 1.165) is 18.4 Å². The second-order valence-corrected chi connectivity index (χ2v) is 6.67. The molecule has 0 aliphatic heterocycles. The Labute approximate surface area is 131 Å². The van der Waals surface area contributed by atoms with Gasteiger partial charge in [-0.05, 0) is 39.2 Å². The molecule has 1 N–H and O–H groups in total. The Hall–Kier alpha value is -2.04. The number of carbonyl (C=O) groups is 2. The molecule has 0 spiro atoms. The zero-order valence-electron chi connectivity index (χ0n) is 13.6. The molecule has 0 heterocycles. The molecular formula is C17H24N2O3. The standard InChI is InChI=1S/C17H24N2O3/c1-17(2,3)22-16(21)18-14(12-8-6-5-7-9-12)15(20)19(4)13-10-11-13/h5-9,13-14H,10-11H2,1-4H3,(H,18,21)/t14-/m0/s1. The van der Waals surface area contributed by atoms with Gasteiger partial charge in [-0.3, -0.25) is 4.79 Å². The van der Waals surface area contributed by atoms with E-state index in [9.17, 15) is 9.59 Å². The van der Waals surface area contributed by atoms with Crippen LogP contribution >= 0.6 is 0 Å². The molecule has 1 atom stereocenters. The molecule has 1 fully saturated rings. The number of alkyl carbamates (subject to hydrolysis) is 1. The number of carbonyl (C=O) groups excluding carboxylic acids is 2. The van der Waals surface area contributed by atoms with Crippen LogP contribution in [0.3, 0.4) is 0 Å². The van der Waals surface area contributed by atoms with Gasteiger partial charge >= 0.3 is 6.09 Å². The summed E-state index contributed by atoms with van der Waals surface area (Å²) in [5, 5.41) is 2.70. The van der Waals surface area contributed by atoms with Crippen molar-refractivity contribution in [3.05, 3.63) is 35.9 Å². The number of benzene rings is 1. The Bertz CT molecular complexity index is 533. The molecule has 120 valence electrons. The summed E-state index contributed by atoms with van der Waals surface area (Å²) in [5.74, 6) is -0.112. The maximum atomic E-state index is 12.7. The molecule has 0 aromatic heterocycles. The van der Waals surface area contributed by atoms with Crippen molar-refractivity contribution in [1.82, 2.24) is 10.2 Å². The van der Waals surface area contributed by atoms with Gasteiger partial charge in [0.2, 0.25) is 5.91 Å². The largest absolute Gasteiger partial charge is 0.444 e. The van der Waals surface area contributed by atoms with Crippen molar-refractivity contribution in [3.63, 3.8) is 0 Å². The van der Waals surface area contributed by atoms with Crippen LogP contribution < -0.4 is 5.32 Å². The first kappa shape index (κ1) is 16.3. The fraction of sp³-hybridized carbons (Fsp3) is 0.529. The fourth-order valence-corrected chi connectivity index (χ4v) is 2.20. The van der Waals surface area contributed by atoms with Crippen LogP contribution in [0.2, 0.25) is 0 Å². The lowest BCUT2D eigenvalue weighted by Crippen LogP contribution is -2.43. The third-order valence-electron chi connectivity index (χ3n) is 3.48. The van der Waals surface area contributed by atoms with E-state index >= 15 is 0 Å². The summed E-state index contributed by atoms with van der Waals surface area (Å²) in [5.41, 5.74) is 0.155. The first-order valence-electron chi connectivity index (χ1n) is 7.59. The van der Waals surface area contributed by atoms with E-state index < -0.39 is 17.7 Å². The van der Waals surface area contributed by atoms with Crippen LogP contribution in [-0.2, 0) is 9.53 Å². The predicted octanol–water partition coefficient (Wildman–Crippen LogP) is 2.87. The first-order valence-corrected chi connectivity index (χ1v) is 7.59. The van der Waals surface area contributed by atoms with Gasteiger partial charge in [0.25, 0.3) is 0 Å². The van der Waals surface area contributed by atoms with Crippen LogP contribution in [0, 0.1) is 0 Å². The van der Waals surface area contributed by atoms with E-state index in [-0.39, 0.29) is 5.91 Å². The molecule has 1 saturated carbocycles. The lowest BCUT2D eigenvalue weighted by Gasteiger charge is -2.26. The third kappa shape index (κ3) is 4.48. The molecule has 1 aromatic carbocycles. The maximum Gasteiger partial charge on any atom is 0.408 e. The number of hydrogen-bond acceptors (Lipinski definition) is 3. The summed E-state index contributed by atoms with van der Waals surface area (Å²) in [7, 11) is 1.78. The zero-order valence-corrected chi connectivity index (χ0v) is 13.6. The van der Waals surface area contributed by atoms with E-state index in [1.807, 2.05) is 30.3 Å². The van der Waals surface area contributed by atoms with Crippen molar-refractivity contribution in [3.8, 4) is 0 Å². The van der Waals surface area contributed by atoms with Crippen molar-refractivity contribution in [2.45, 2.75) is 51.3 Å². The highest BCUT2D eigenvalue weighted by Gasteiger charge is 2.35. The minimum atomic E-state index is -0.721. The number of ether oxygens (including phenoxy) is 1. The Kier molecular flexibility index (Phi) is 4.74. The second kappa shape index (κ2) is 6.38. The van der Waals surface area contributed by atoms with Gasteiger partial charge in [0.1, 0.15) is 11.6 Å². The highest BCUT2D eigenvalue weighted by atomic mass is 16.6. The van der Waals surface area contributed by atoms with Gasteiger partial charge in [0.05, 0.1) is 0 Å². The molecule has 1 aromatic rings. The molecule has 2 rings (SSSR count). The molecule has 0 saturated heterocycles. The molecule has 0 unspecified atom stereocenters. The molecule has 22 heavy (non-hydrogen) atoms. The number of nitrogens with zero attached hydrogens (tertiary/aromatic N) is 1. The average Bonchev–Trinajstić information content (AvgIpc) is 3.27. The Morgan fingerprint density at radius 2 is 1.82 bits per heavy atom. The van der Waals surface area contributed by atoms with Gasteiger partial charge in [-0.25, -0.2) is 4.79 Å². The molecule has 1 aliphatic rings. The number of rotatable bonds is 4. The van der Waals surface area contributed by atoms with Crippen LogP contribution in [0.25, 0.3) is 0 Å². The molecule has 1 aliphatic carbocycles. The smallest absolute Gasteiger partial charge is 0.408 e. The fourth-order valence-electron chi connectivity index (χ4n) is 2.20. The topological polar surface area (TPSA) is 58.6 Å². The van der Waals surface area contributed by atoms with E-state index in [4.69, 9.17) is 4.74 Å². The molecule has 0 radical (unpaired) electrons. The van der Waals surface area contributed by atoms with E-state index in [2.05, 4.69) is 5.32 Å². The van der Waals surface area contributed by atoms with Gasteiger partial charge in [-0.15, -0.1) is 0 Å². The van der Waals surface area contributed by atoms with E-state index in [1.165, 1.54) is 0 Å². The zero-order chi connectivity index (χ0) is 16.3. The number of likely N-dealkylation sites (N-methyl/N-ethyl adjacent to an activating group) is 1. The Morgan fingerprint density at radius 1 is 1.23 bits per heavy atom. The molecular weight excluding hydrogens is 280 g/mol. The van der Waals surface area contributed by atoms with Crippen LogP contribution in [0.4, 0.5) is 4.79 Å². The summed E-state index contributed by atoms with van der Waals surface area (Å²) >= 11 is 0. The molecule has 2 amide bonds. The minimum Gasteiger partial charge on any atom is -0.444 e. The summed E-state index contributed by atoms with van der Waals surface area (Å²) in [6, 6.07) is 8.82. The summed E-state index contributed by atoms with van der Waals surface area (Å²) < 4.78 is 5.27. The van der Waals surface area contributed by atoms with E-state index in [1.54, 1.807) is 32.7 Å². The van der Waals surface area contributed by atoms with E-state index in [0.29, 0.717) is 6.04 Å². The molecule has 5 heteroatoms. The number of amides is 2. The second-order valence-electron chi connectivity index (χ2n) is 6.67. The van der Waals surface area contributed by atoms with Crippen molar-refractivity contribution >= 4 is 12.0 Å². The number of hydrogen-bond donors (Lipinski definition) is 1. The predicted molar refractivity (Wildman–Crippen MR) is 84.3 cm³/mol. The number of nitrogens with one attached hydrogen (secondary N) is 1. The van der Waals surface area contributed by atoms with Gasteiger partial charge in [0.15, 0.2) is 0 Å². The van der Waals surface area contributed by atoms with Crippen molar-refractivity contribution in [2.75, 3.05) is 7.05 Å². The van der Waals surface area contributed by atoms with Crippen LogP contribution in [0.15, 0.2) is 30.3 Å². The Morgan fingerprint density at radius 3 is 2.32 bits per heavy atom. The quantitative estimate of drug-likeness (QED) is 0.930. The summed E-state index contributed by atoms with van der Waals surface area (Å²) in [6.07, 6.45) is 1.46. The van der Waals surface area contributed by atoms with Crippen LogP contribution in [-0.4, -0.2) is 35.6 Å². The van der Waals surface area contributed by atoms with Crippen LogP contribution in [0.1, 0.15) is 45.2 Å². The normalized spacial score (nSPS) is 15.8. The van der Waals surface area contributed by atoms with Crippen LogP contribution in [0.5, 0.6) is 0 Å². The van der Waals surface area contributed by atoms with Gasteiger partial charge in [0, 0.05) is 13.1 Å². The first-order chi connectivity index (χ1) is 10.3. The highest BCUT2D eigenvalue weighted by Crippen LogP contribution is 2.28. The van der Waals surface area contributed by atoms with Gasteiger partial charge in [-0.1, -0.05) is 30.3 Å². The summed E-state index contributed by atoms with van der Waals surface area (Å²) in [4.78, 5) is 26.5. The highest BCUT2D eigenvalue weighted by molar-refractivity contribution is 5.87. The summed E-state index contributed by atoms with van der Waals surface area (Å²) in [6.45, 7) is 5.38. The van der Waals surface area contributed by atoms with Gasteiger partial charge < -0.3 is 15.0 Å². The average molecular weight is 304 g/mol. The van der Waals surface area contributed by atoms with Crippen molar-refractivity contribution < 1.29 is 14.3 Å². The lowest BCUT2D eigenvalue weighted by atomic mass is 10.1. The minimum absolute atomic E-state index is 0.112. The SMILES string of the molecule is CN(C(=O)[C@@H](NC(=O)OC(C)(C)C)c1ccccc1)C1CC1. The van der Waals surface area contributed by atoms with Crippen molar-refractivity contribution in [1.29, 1.82) is 0 Å². The third-order valence-corrected chi connectivity index (χ3v) is 3.48. The Balaban J connectivity index is 2.15. The monoisotopic (exact) mass is 304 g/mol. The maximum absolute atomic E-state index is 12.7. The molecule has 0 bridgehead atoms.